The maximum Gasteiger partial charge on any atom is 0.244 e. The van der Waals surface area contributed by atoms with E-state index >= 15 is 0 Å². The SMILES string of the molecule is CC1(c2ccccc2)CC(=O)N(c2ccc(N)cc2)C1=O. The lowest BCUT2D eigenvalue weighted by molar-refractivity contribution is -0.122. The van der Waals surface area contributed by atoms with E-state index in [1.165, 1.54) is 4.90 Å². The van der Waals surface area contributed by atoms with Gasteiger partial charge in [-0.15, -0.1) is 0 Å². The van der Waals surface area contributed by atoms with Crippen molar-refractivity contribution in [3.8, 4) is 0 Å². The van der Waals surface area contributed by atoms with Gasteiger partial charge in [-0.05, 0) is 36.8 Å². The van der Waals surface area contributed by atoms with Crippen molar-refractivity contribution in [2.24, 2.45) is 0 Å². The van der Waals surface area contributed by atoms with Crippen LogP contribution in [0.3, 0.4) is 0 Å². The zero-order valence-electron chi connectivity index (χ0n) is 11.7. The summed E-state index contributed by atoms with van der Waals surface area (Å²) < 4.78 is 0. The summed E-state index contributed by atoms with van der Waals surface area (Å²) in [6, 6.07) is 16.2. The van der Waals surface area contributed by atoms with Crippen molar-refractivity contribution in [2.75, 3.05) is 10.6 Å². The second-order valence-electron chi connectivity index (χ2n) is 5.50. The molecular weight excluding hydrogens is 264 g/mol. The fourth-order valence-electron chi connectivity index (χ4n) is 2.73. The predicted molar refractivity (Wildman–Crippen MR) is 81.8 cm³/mol. The van der Waals surface area contributed by atoms with E-state index < -0.39 is 5.41 Å². The minimum absolute atomic E-state index is 0.181. The summed E-state index contributed by atoms with van der Waals surface area (Å²) in [7, 11) is 0. The largest absolute Gasteiger partial charge is 0.399 e. The number of carbonyl (C=O) groups is 2. The molecule has 3 rings (SSSR count). The van der Waals surface area contributed by atoms with Crippen LogP contribution in [0.5, 0.6) is 0 Å². The molecule has 0 radical (unpaired) electrons. The van der Waals surface area contributed by atoms with Gasteiger partial charge in [0.1, 0.15) is 0 Å². The van der Waals surface area contributed by atoms with Gasteiger partial charge >= 0.3 is 0 Å². The molecule has 1 heterocycles. The molecule has 1 fully saturated rings. The Kier molecular flexibility index (Phi) is 3.01. The molecule has 106 valence electrons. The Morgan fingerprint density at radius 1 is 1.00 bits per heavy atom. The highest BCUT2D eigenvalue weighted by molar-refractivity contribution is 6.24. The second kappa shape index (κ2) is 4.74. The molecule has 1 aliphatic rings. The summed E-state index contributed by atoms with van der Waals surface area (Å²) in [5, 5.41) is 0. The topological polar surface area (TPSA) is 63.4 Å². The van der Waals surface area contributed by atoms with E-state index in [9.17, 15) is 9.59 Å². The zero-order chi connectivity index (χ0) is 15.0. The van der Waals surface area contributed by atoms with Gasteiger partial charge in [-0.25, -0.2) is 4.90 Å². The van der Waals surface area contributed by atoms with Gasteiger partial charge in [0.25, 0.3) is 0 Å². The van der Waals surface area contributed by atoms with Gasteiger partial charge in [0.05, 0.1) is 11.1 Å². The van der Waals surface area contributed by atoms with Gasteiger partial charge < -0.3 is 5.73 Å². The molecule has 0 bridgehead atoms. The number of hydrogen-bond acceptors (Lipinski definition) is 3. The van der Waals surface area contributed by atoms with Crippen molar-refractivity contribution >= 4 is 23.2 Å². The molecule has 4 heteroatoms. The van der Waals surface area contributed by atoms with Crippen molar-refractivity contribution in [1.29, 1.82) is 0 Å². The van der Waals surface area contributed by atoms with Crippen LogP contribution in [0.15, 0.2) is 54.6 Å². The number of nitrogens with two attached hydrogens (primary N) is 1. The van der Waals surface area contributed by atoms with E-state index in [2.05, 4.69) is 0 Å². The minimum atomic E-state index is -0.806. The Balaban J connectivity index is 2.01. The molecule has 2 amide bonds. The van der Waals surface area contributed by atoms with Crippen LogP contribution in [0, 0.1) is 0 Å². The zero-order valence-corrected chi connectivity index (χ0v) is 11.7. The molecule has 1 unspecified atom stereocenters. The lowest BCUT2D eigenvalue weighted by atomic mass is 9.81. The number of benzene rings is 2. The van der Waals surface area contributed by atoms with Crippen molar-refractivity contribution in [3.63, 3.8) is 0 Å². The number of rotatable bonds is 2. The second-order valence-corrected chi connectivity index (χ2v) is 5.50. The standard InChI is InChI=1S/C17H16N2O2/c1-17(12-5-3-2-4-6-12)11-15(20)19(16(17)21)14-9-7-13(18)8-10-14/h2-10H,11,18H2,1H3. The number of hydrogen-bond donors (Lipinski definition) is 1. The first-order valence-electron chi connectivity index (χ1n) is 6.81. The van der Waals surface area contributed by atoms with Gasteiger partial charge in [-0.3, -0.25) is 9.59 Å². The summed E-state index contributed by atoms with van der Waals surface area (Å²) >= 11 is 0. The number of amides is 2. The van der Waals surface area contributed by atoms with E-state index in [4.69, 9.17) is 5.73 Å². The summed E-state index contributed by atoms with van der Waals surface area (Å²) in [5.41, 5.74) is 6.88. The third-order valence-corrected chi connectivity index (χ3v) is 3.99. The van der Waals surface area contributed by atoms with Gasteiger partial charge in [-0.2, -0.15) is 0 Å². The molecule has 0 aliphatic carbocycles. The molecule has 4 nitrogen and oxygen atoms in total. The van der Waals surface area contributed by atoms with Crippen molar-refractivity contribution in [2.45, 2.75) is 18.8 Å². The number of imide groups is 1. The molecule has 1 aliphatic heterocycles. The Bertz CT molecular complexity index is 694. The van der Waals surface area contributed by atoms with E-state index in [1.807, 2.05) is 37.3 Å². The van der Waals surface area contributed by atoms with E-state index in [1.54, 1.807) is 24.3 Å². The lowest BCUT2D eigenvalue weighted by Gasteiger charge is -2.22. The number of anilines is 2. The summed E-state index contributed by atoms with van der Waals surface area (Å²) in [5.74, 6) is -0.375. The molecule has 2 N–H and O–H groups in total. The van der Waals surface area contributed by atoms with Crippen LogP contribution in [0.1, 0.15) is 18.9 Å². The normalized spacial score (nSPS) is 21.9. The van der Waals surface area contributed by atoms with Crippen LogP contribution in [-0.2, 0) is 15.0 Å². The Morgan fingerprint density at radius 2 is 1.62 bits per heavy atom. The third kappa shape index (κ3) is 2.09. The van der Waals surface area contributed by atoms with E-state index in [-0.39, 0.29) is 18.2 Å². The van der Waals surface area contributed by atoms with E-state index in [0.29, 0.717) is 11.4 Å². The first kappa shape index (κ1) is 13.4. The molecular formula is C17H16N2O2. The van der Waals surface area contributed by atoms with Crippen LogP contribution in [0.4, 0.5) is 11.4 Å². The highest BCUT2D eigenvalue weighted by atomic mass is 16.2. The molecule has 0 aromatic heterocycles. The fraction of sp³-hybridized carbons (Fsp3) is 0.176. The number of nitrogen functional groups attached to an aromatic ring is 1. The Hall–Kier alpha value is -2.62. The lowest BCUT2D eigenvalue weighted by Crippen LogP contribution is -2.36. The van der Waals surface area contributed by atoms with Crippen LogP contribution in [-0.4, -0.2) is 11.8 Å². The maximum atomic E-state index is 12.8. The number of nitrogens with zero attached hydrogens (tertiary/aromatic N) is 1. The molecule has 1 saturated heterocycles. The van der Waals surface area contributed by atoms with Gasteiger partial charge in [0, 0.05) is 12.1 Å². The summed E-state index contributed by atoms with van der Waals surface area (Å²) in [6.07, 6.45) is 0.181. The minimum Gasteiger partial charge on any atom is -0.399 e. The van der Waals surface area contributed by atoms with Crippen LogP contribution >= 0.6 is 0 Å². The van der Waals surface area contributed by atoms with Crippen molar-refractivity contribution < 1.29 is 9.59 Å². The fourth-order valence-corrected chi connectivity index (χ4v) is 2.73. The number of carbonyl (C=O) groups excluding carboxylic acids is 2. The van der Waals surface area contributed by atoms with Gasteiger partial charge in [0.2, 0.25) is 11.8 Å². The van der Waals surface area contributed by atoms with Gasteiger partial charge in [-0.1, -0.05) is 30.3 Å². The maximum absolute atomic E-state index is 12.8. The third-order valence-electron chi connectivity index (χ3n) is 3.99. The smallest absolute Gasteiger partial charge is 0.244 e. The van der Waals surface area contributed by atoms with Gasteiger partial charge in [0.15, 0.2) is 0 Å². The summed E-state index contributed by atoms with van der Waals surface area (Å²) in [6.45, 7) is 1.82. The molecule has 21 heavy (non-hydrogen) atoms. The van der Waals surface area contributed by atoms with Crippen LogP contribution < -0.4 is 10.6 Å². The molecule has 2 aromatic carbocycles. The highest BCUT2D eigenvalue weighted by Gasteiger charge is 2.49. The predicted octanol–water partition coefficient (Wildman–Crippen LogP) is 2.49. The molecule has 0 spiro atoms. The average molecular weight is 280 g/mol. The summed E-state index contributed by atoms with van der Waals surface area (Å²) in [4.78, 5) is 26.4. The molecule has 2 aromatic rings. The van der Waals surface area contributed by atoms with Crippen LogP contribution in [0.25, 0.3) is 0 Å². The van der Waals surface area contributed by atoms with E-state index in [0.717, 1.165) is 5.56 Å². The quantitative estimate of drug-likeness (QED) is 0.679. The first-order chi connectivity index (χ1) is 10.0. The monoisotopic (exact) mass is 280 g/mol. The Morgan fingerprint density at radius 3 is 2.24 bits per heavy atom. The molecule has 1 atom stereocenters. The average Bonchev–Trinajstić information content (AvgIpc) is 2.72. The van der Waals surface area contributed by atoms with Crippen LogP contribution in [0.2, 0.25) is 0 Å². The Labute approximate surface area is 123 Å². The molecule has 0 saturated carbocycles. The highest BCUT2D eigenvalue weighted by Crippen LogP contribution is 2.38. The first-order valence-corrected chi connectivity index (χ1v) is 6.81. The van der Waals surface area contributed by atoms with Crippen molar-refractivity contribution in [3.05, 3.63) is 60.2 Å². The van der Waals surface area contributed by atoms with Crippen molar-refractivity contribution in [1.82, 2.24) is 0 Å².